The highest BCUT2D eigenvalue weighted by Crippen LogP contribution is 2.18. The fraction of sp³-hybridized carbons (Fsp3) is 0. The Kier molecular flexibility index (Phi) is 3.18. The SMILES string of the molecule is O=C(/C=C/c1ccco1)Nc1nc(Cl)c2[nH]cnc2n1. The number of carbonyl (C=O) groups excluding carboxylic acids is 1. The molecule has 3 aromatic rings. The van der Waals surface area contributed by atoms with Gasteiger partial charge in [-0.15, -0.1) is 0 Å². The molecule has 3 heterocycles. The summed E-state index contributed by atoms with van der Waals surface area (Å²) in [5, 5.41) is 2.69. The normalized spacial score (nSPS) is 11.2. The van der Waals surface area contributed by atoms with Gasteiger partial charge >= 0.3 is 0 Å². The Balaban J connectivity index is 1.77. The van der Waals surface area contributed by atoms with Crippen LogP contribution in [0.5, 0.6) is 0 Å². The first-order valence-electron chi connectivity index (χ1n) is 5.61. The maximum Gasteiger partial charge on any atom is 0.250 e. The van der Waals surface area contributed by atoms with Crippen LogP contribution in [0.4, 0.5) is 5.95 Å². The van der Waals surface area contributed by atoms with E-state index in [-0.39, 0.29) is 11.1 Å². The molecule has 7 nitrogen and oxygen atoms in total. The molecule has 0 spiro atoms. The van der Waals surface area contributed by atoms with E-state index >= 15 is 0 Å². The van der Waals surface area contributed by atoms with Gasteiger partial charge in [0.15, 0.2) is 10.8 Å². The molecule has 0 radical (unpaired) electrons. The number of nitrogens with zero attached hydrogens (tertiary/aromatic N) is 3. The topological polar surface area (TPSA) is 96.7 Å². The molecule has 3 rings (SSSR count). The molecule has 0 saturated heterocycles. The van der Waals surface area contributed by atoms with E-state index in [0.29, 0.717) is 16.9 Å². The number of anilines is 1. The lowest BCUT2D eigenvalue weighted by molar-refractivity contribution is -0.111. The molecule has 0 aliphatic heterocycles. The minimum Gasteiger partial charge on any atom is -0.465 e. The molecule has 0 fully saturated rings. The van der Waals surface area contributed by atoms with Gasteiger partial charge in [0.1, 0.15) is 11.3 Å². The van der Waals surface area contributed by atoms with Gasteiger partial charge < -0.3 is 9.40 Å². The Morgan fingerprint density at radius 1 is 1.45 bits per heavy atom. The Bertz CT molecular complexity index is 778. The van der Waals surface area contributed by atoms with E-state index in [9.17, 15) is 4.79 Å². The second-order valence-corrected chi connectivity index (χ2v) is 4.14. The summed E-state index contributed by atoms with van der Waals surface area (Å²) in [6.45, 7) is 0. The van der Waals surface area contributed by atoms with Gasteiger partial charge in [-0.25, -0.2) is 4.98 Å². The summed E-state index contributed by atoms with van der Waals surface area (Å²) in [5.74, 6) is 0.262. The molecule has 0 saturated carbocycles. The fourth-order valence-corrected chi connectivity index (χ4v) is 1.77. The quantitative estimate of drug-likeness (QED) is 0.569. The lowest BCUT2D eigenvalue weighted by Crippen LogP contribution is -2.11. The van der Waals surface area contributed by atoms with Gasteiger partial charge in [0.05, 0.1) is 12.6 Å². The average Bonchev–Trinajstić information content (AvgIpc) is 3.07. The number of imidazole rings is 1. The highest BCUT2D eigenvalue weighted by molar-refractivity contribution is 6.33. The molecule has 3 aromatic heterocycles. The summed E-state index contributed by atoms with van der Waals surface area (Å²) >= 11 is 5.94. The molecule has 20 heavy (non-hydrogen) atoms. The second kappa shape index (κ2) is 5.14. The summed E-state index contributed by atoms with van der Waals surface area (Å²) < 4.78 is 5.07. The minimum absolute atomic E-state index is 0.0868. The van der Waals surface area contributed by atoms with Gasteiger partial charge in [-0.3, -0.25) is 10.1 Å². The monoisotopic (exact) mass is 289 g/mol. The van der Waals surface area contributed by atoms with Crippen molar-refractivity contribution in [1.29, 1.82) is 0 Å². The van der Waals surface area contributed by atoms with Crippen molar-refractivity contribution in [1.82, 2.24) is 19.9 Å². The maximum absolute atomic E-state index is 11.7. The van der Waals surface area contributed by atoms with Crippen LogP contribution in [0.1, 0.15) is 5.76 Å². The number of nitrogens with one attached hydrogen (secondary N) is 2. The van der Waals surface area contributed by atoms with Crippen LogP contribution in [0.3, 0.4) is 0 Å². The molecule has 0 aliphatic rings. The number of aromatic amines is 1. The number of fused-ring (bicyclic) bond motifs is 1. The van der Waals surface area contributed by atoms with Gasteiger partial charge in [-0.2, -0.15) is 9.97 Å². The average molecular weight is 290 g/mol. The predicted molar refractivity (Wildman–Crippen MR) is 73.1 cm³/mol. The van der Waals surface area contributed by atoms with Crippen molar-refractivity contribution in [2.45, 2.75) is 0 Å². The lowest BCUT2D eigenvalue weighted by atomic mass is 10.4. The van der Waals surface area contributed by atoms with Crippen LogP contribution >= 0.6 is 11.6 Å². The van der Waals surface area contributed by atoms with E-state index in [0.717, 1.165) is 0 Å². The largest absolute Gasteiger partial charge is 0.465 e. The summed E-state index contributed by atoms with van der Waals surface area (Å²) in [5.41, 5.74) is 0.908. The summed E-state index contributed by atoms with van der Waals surface area (Å²) in [6.07, 6.45) is 5.81. The smallest absolute Gasteiger partial charge is 0.250 e. The van der Waals surface area contributed by atoms with Crippen molar-refractivity contribution >= 4 is 40.7 Å². The van der Waals surface area contributed by atoms with E-state index in [4.69, 9.17) is 16.0 Å². The Morgan fingerprint density at radius 3 is 3.15 bits per heavy atom. The summed E-state index contributed by atoms with van der Waals surface area (Å²) in [7, 11) is 0. The van der Waals surface area contributed by atoms with Crippen LogP contribution in [0.15, 0.2) is 35.2 Å². The molecule has 100 valence electrons. The van der Waals surface area contributed by atoms with Gasteiger partial charge in [0.25, 0.3) is 5.91 Å². The number of halogens is 1. The number of H-pyrrole nitrogens is 1. The van der Waals surface area contributed by atoms with Crippen LogP contribution in [-0.2, 0) is 4.79 Å². The van der Waals surface area contributed by atoms with Crippen molar-refractivity contribution in [3.05, 3.63) is 41.7 Å². The van der Waals surface area contributed by atoms with E-state index in [1.54, 1.807) is 12.1 Å². The Hall–Kier alpha value is -2.67. The maximum atomic E-state index is 11.7. The standard InChI is InChI=1S/C12H8ClN5O2/c13-10-9-11(15-6-14-9)18-12(17-10)16-8(19)4-3-7-2-1-5-20-7/h1-6H,(H2,14,15,16,17,18,19)/b4-3+. The second-order valence-electron chi connectivity index (χ2n) is 3.78. The number of carbonyl (C=O) groups is 1. The zero-order valence-corrected chi connectivity index (χ0v) is 10.8. The Morgan fingerprint density at radius 2 is 2.35 bits per heavy atom. The molecular weight excluding hydrogens is 282 g/mol. The van der Waals surface area contributed by atoms with Crippen molar-refractivity contribution in [3.8, 4) is 0 Å². The van der Waals surface area contributed by atoms with Crippen LogP contribution in [0.25, 0.3) is 17.2 Å². The molecular formula is C12H8ClN5O2. The first kappa shape index (κ1) is 12.4. The van der Waals surface area contributed by atoms with Crippen molar-refractivity contribution in [2.24, 2.45) is 0 Å². The van der Waals surface area contributed by atoms with Crippen LogP contribution in [-0.4, -0.2) is 25.8 Å². The van der Waals surface area contributed by atoms with Crippen molar-refractivity contribution < 1.29 is 9.21 Å². The zero-order chi connectivity index (χ0) is 13.9. The first-order chi connectivity index (χ1) is 9.72. The number of amides is 1. The molecule has 0 atom stereocenters. The van der Waals surface area contributed by atoms with Gasteiger partial charge in [0, 0.05) is 6.08 Å². The fourth-order valence-electron chi connectivity index (χ4n) is 1.55. The summed E-state index contributed by atoms with van der Waals surface area (Å²) in [6, 6.07) is 3.46. The van der Waals surface area contributed by atoms with E-state index in [1.165, 1.54) is 24.7 Å². The third kappa shape index (κ3) is 2.52. The van der Waals surface area contributed by atoms with Crippen LogP contribution in [0, 0.1) is 0 Å². The molecule has 0 aromatic carbocycles. The highest BCUT2D eigenvalue weighted by Gasteiger charge is 2.09. The number of hydrogen-bond acceptors (Lipinski definition) is 5. The third-order valence-corrected chi connectivity index (χ3v) is 2.69. The number of aromatic nitrogens is 4. The molecule has 0 bridgehead atoms. The van der Waals surface area contributed by atoms with Gasteiger partial charge in [-0.1, -0.05) is 11.6 Å². The number of rotatable bonds is 3. The number of hydrogen-bond donors (Lipinski definition) is 2. The highest BCUT2D eigenvalue weighted by atomic mass is 35.5. The molecule has 1 amide bonds. The Labute approximate surface area is 117 Å². The first-order valence-corrected chi connectivity index (χ1v) is 5.99. The zero-order valence-electron chi connectivity index (χ0n) is 10.0. The third-order valence-electron chi connectivity index (χ3n) is 2.42. The molecule has 8 heteroatoms. The van der Waals surface area contributed by atoms with Crippen LogP contribution in [0.2, 0.25) is 5.15 Å². The van der Waals surface area contributed by atoms with Crippen LogP contribution < -0.4 is 5.32 Å². The van der Waals surface area contributed by atoms with Crippen molar-refractivity contribution in [2.75, 3.05) is 5.32 Å². The van der Waals surface area contributed by atoms with E-state index < -0.39 is 5.91 Å². The molecule has 0 unspecified atom stereocenters. The molecule has 2 N–H and O–H groups in total. The summed E-state index contributed by atoms with van der Waals surface area (Å²) in [4.78, 5) is 26.5. The van der Waals surface area contributed by atoms with E-state index in [1.807, 2.05) is 0 Å². The van der Waals surface area contributed by atoms with Gasteiger partial charge in [0.2, 0.25) is 5.95 Å². The molecule has 0 aliphatic carbocycles. The predicted octanol–water partition coefficient (Wildman–Crippen LogP) is 2.25. The minimum atomic E-state index is -0.396. The number of furan rings is 1. The lowest BCUT2D eigenvalue weighted by Gasteiger charge is -2.00. The van der Waals surface area contributed by atoms with Crippen molar-refractivity contribution in [3.63, 3.8) is 0 Å². The van der Waals surface area contributed by atoms with E-state index in [2.05, 4.69) is 25.3 Å². The van der Waals surface area contributed by atoms with Gasteiger partial charge in [-0.05, 0) is 18.2 Å².